The second-order valence-corrected chi connectivity index (χ2v) is 5.17. The predicted octanol–water partition coefficient (Wildman–Crippen LogP) is 3.61. The minimum Gasteiger partial charge on any atom is -0.347 e. The maximum absolute atomic E-state index is 13.8. The molecule has 1 heterocycles. The average molecular weight is 281 g/mol. The van der Waals surface area contributed by atoms with Crippen LogP contribution in [0.2, 0.25) is 5.02 Å². The van der Waals surface area contributed by atoms with Crippen LogP contribution in [0, 0.1) is 5.82 Å². The Morgan fingerprint density at radius 1 is 1.37 bits per heavy atom. The molecular weight excluding hydrogens is 263 g/mol. The van der Waals surface area contributed by atoms with E-state index in [9.17, 15) is 4.39 Å². The van der Waals surface area contributed by atoms with Crippen molar-refractivity contribution >= 4 is 11.6 Å². The molecule has 0 aliphatic heterocycles. The Morgan fingerprint density at radius 3 is 2.84 bits per heavy atom. The van der Waals surface area contributed by atoms with E-state index in [1.54, 1.807) is 12.1 Å². The molecule has 0 aliphatic carbocycles. The fourth-order valence-corrected chi connectivity index (χ4v) is 2.19. The number of rotatable bonds is 5. The van der Waals surface area contributed by atoms with Crippen LogP contribution in [0.15, 0.2) is 36.5 Å². The van der Waals surface area contributed by atoms with Crippen molar-refractivity contribution in [3.63, 3.8) is 0 Å². The van der Waals surface area contributed by atoms with Crippen LogP contribution >= 0.6 is 11.6 Å². The Balaban J connectivity index is 2.17. The summed E-state index contributed by atoms with van der Waals surface area (Å²) < 4.78 is 15.8. The number of aromatic nitrogens is 1. The average Bonchev–Trinajstić information content (AvgIpc) is 2.80. The number of halogens is 2. The highest BCUT2D eigenvalue weighted by atomic mass is 35.5. The van der Waals surface area contributed by atoms with Crippen molar-refractivity contribution in [3.05, 3.63) is 58.6 Å². The van der Waals surface area contributed by atoms with E-state index < -0.39 is 0 Å². The minimum absolute atomic E-state index is 0.142. The molecule has 0 aliphatic rings. The van der Waals surface area contributed by atoms with E-state index in [4.69, 9.17) is 17.3 Å². The molecule has 2 nitrogen and oxygen atoms in total. The van der Waals surface area contributed by atoms with Gasteiger partial charge in [0.2, 0.25) is 0 Å². The van der Waals surface area contributed by atoms with Crippen LogP contribution in [0.3, 0.4) is 0 Å². The van der Waals surface area contributed by atoms with Gasteiger partial charge in [0.25, 0.3) is 0 Å². The molecule has 0 bridgehead atoms. The standard InChI is InChI=1S/C15H18ClFN2/c1-2-13(18)9-14-4-3-7-19(14)10-11-5-6-12(16)8-15(11)17/h3-8,13H,2,9-10,18H2,1H3. The molecule has 0 fully saturated rings. The van der Waals surface area contributed by atoms with E-state index in [1.165, 1.54) is 6.07 Å². The summed E-state index contributed by atoms with van der Waals surface area (Å²) in [5.41, 5.74) is 7.73. The summed E-state index contributed by atoms with van der Waals surface area (Å²) in [6.45, 7) is 2.57. The predicted molar refractivity (Wildman–Crippen MR) is 76.9 cm³/mol. The third-order valence-electron chi connectivity index (χ3n) is 3.28. The second kappa shape index (κ2) is 6.22. The molecule has 0 amide bonds. The summed E-state index contributed by atoms with van der Waals surface area (Å²) in [5, 5.41) is 0.419. The Kier molecular flexibility index (Phi) is 4.61. The quantitative estimate of drug-likeness (QED) is 0.891. The number of nitrogens with zero attached hydrogens (tertiary/aromatic N) is 1. The van der Waals surface area contributed by atoms with Gasteiger partial charge in [0.15, 0.2) is 0 Å². The lowest BCUT2D eigenvalue weighted by Gasteiger charge is -2.13. The molecular formula is C15H18ClFN2. The van der Waals surface area contributed by atoms with Crippen molar-refractivity contribution in [1.29, 1.82) is 0 Å². The molecule has 19 heavy (non-hydrogen) atoms. The van der Waals surface area contributed by atoms with E-state index in [0.29, 0.717) is 17.1 Å². The molecule has 0 saturated carbocycles. The first-order chi connectivity index (χ1) is 9.10. The highest BCUT2D eigenvalue weighted by Crippen LogP contribution is 2.17. The van der Waals surface area contributed by atoms with Crippen molar-refractivity contribution in [2.45, 2.75) is 32.4 Å². The molecule has 0 saturated heterocycles. The van der Waals surface area contributed by atoms with Crippen LogP contribution in [0.1, 0.15) is 24.6 Å². The first kappa shape index (κ1) is 14.1. The van der Waals surface area contributed by atoms with Gasteiger partial charge in [-0.3, -0.25) is 0 Å². The summed E-state index contributed by atoms with van der Waals surface area (Å²) in [6.07, 6.45) is 3.69. The van der Waals surface area contributed by atoms with E-state index in [0.717, 1.165) is 18.5 Å². The first-order valence-electron chi connectivity index (χ1n) is 6.43. The van der Waals surface area contributed by atoms with Gasteiger partial charge in [0.1, 0.15) is 5.82 Å². The van der Waals surface area contributed by atoms with Crippen molar-refractivity contribution < 1.29 is 4.39 Å². The first-order valence-corrected chi connectivity index (χ1v) is 6.81. The van der Waals surface area contributed by atoms with E-state index in [2.05, 4.69) is 6.92 Å². The third kappa shape index (κ3) is 3.58. The van der Waals surface area contributed by atoms with Gasteiger partial charge < -0.3 is 10.3 Å². The molecule has 102 valence electrons. The van der Waals surface area contributed by atoms with Crippen molar-refractivity contribution in [1.82, 2.24) is 4.57 Å². The van der Waals surface area contributed by atoms with Gasteiger partial charge in [-0.2, -0.15) is 0 Å². The third-order valence-corrected chi connectivity index (χ3v) is 3.51. The summed E-state index contributed by atoms with van der Waals surface area (Å²) in [7, 11) is 0. The van der Waals surface area contributed by atoms with Gasteiger partial charge in [-0.15, -0.1) is 0 Å². The van der Waals surface area contributed by atoms with Gasteiger partial charge >= 0.3 is 0 Å². The Labute approximate surface area is 118 Å². The summed E-state index contributed by atoms with van der Waals surface area (Å²) in [4.78, 5) is 0. The zero-order chi connectivity index (χ0) is 13.8. The van der Waals surface area contributed by atoms with Crippen LogP contribution in [-0.4, -0.2) is 10.6 Å². The lowest BCUT2D eigenvalue weighted by molar-refractivity contribution is 0.582. The highest BCUT2D eigenvalue weighted by molar-refractivity contribution is 6.30. The van der Waals surface area contributed by atoms with Gasteiger partial charge in [-0.05, 0) is 30.7 Å². The summed E-state index contributed by atoms with van der Waals surface area (Å²) in [6, 6.07) is 8.91. The topological polar surface area (TPSA) is 30.9 Å². The SMILES string of the molecule is CCC(N)Cc1cccn1Cc1ccc(Cl)cc1F. The highest BCUT2D eigenvalue weighted by Gasteiger charge is 2.09. The Hall–Kier alpha value is -1.32. The van der Waals surface area contributed by atoms with Crippen LogP contribution in [0.25, 0.3) is 0 Å². The number of benzene rings is 1. The normalized spacial score (nSPS) is 12.6. The zero-order valence-corrected chi connectivity index (χ0v) is 11.7. The minimum atomic E-state index is -0.271. The van der Waals surface area contributed by atoms with Gasteiger partial charge in [0, 0.05) is 34.9 Å². The summed E-state index contributed by atoms with van der Waals surface area (Å²) in [5.74, 6) is -0.271. The maximum atomic E-state index is 13.8. The molecule has 2 N–H and O–H groups in total. The maximum Gasteiger partial charge on any atom is 0.129 e. The van der Waals surface area contributed by atoms with Crippen molar-refractivity contribution in [2.24, 2.45) is 5.73 Å². The lowest BCUT2D eigenvalue weighted by Crippen LogP contribution is -2.23. The van der Waals surface area contributed by atoms with Gasteiger partial charge in [-0.1, -0.05) is 24.6 Å². The summed E-state index contributed by atoms with van der Waals surface area (Å²) >= 11 is 5.75. The molecule has 1 unspecified atom stereocenters. The van der Waals surface area contributed by atoms with E-state index in [1.807, 2.05) is 22.9 Å². The van der Waals surface area contributed by atoms with Crippen LogP contribution < -0.4 is 5.73 Å². The molecule has 1 aromatic heterocycles. The van der Waals surface area contributed by atoms with Gasteiger partial charge in [0.05, 0.1) is 6.54 Å². The molecule has 4 heteroatoms. The lowest BCUT2D eigenvalue weighted by atomic mass is 10.1. The zero-order valence-electron chi connectivity index (χ0n) is 10.9. The number of nitrogens with two attached hydrogens (primary N) is 1. The fourth-order valence-electron chi connectivity index (χ4n) is 2.04. The van der Waals surface area contributed by atoms with E-state index in [-0.39, 0.29) is 11.9 Å². The van der Waals surface area contributed by atoms with Gasteiger partial charge in [-0.25, -0.2) is 4.39 Å². The molecule has 2 rings (SSSR count). The smallest absolute Gasteiger partial charge is 0.129 e. The Bertz CT molecular complexity index is 551. The number of hydrogen-bond donors (Lipinski definition) is 1. The van der Waals surface area contributed by atoms with Crippen LogP contribution in [-0.2, 0) is 13.0 Å². The molecule has 0 radical (unpaired) electrons. The second-order valence-electron chi connectivity index (χ2n) is 4.74. The Morgan fingerprint density at radius 2 is 2.16 bits per heavy atom. The monoisotopic (exact) mass is 280 g/mol. The van der Waals surface area contributed by atoms with Crippen LogP contribution in [0.5, 0.6) is 0 Å². The van der Waals surface area contributed by atoms with Crippen molar-refractivity contribution in [2.75, 3.05) is 0 Å². The van der Waals surface area contributed by atoms with E-state index >= 15 is 0 Å². The molecule has 1 atom stereocenters. The molecule has 1 aromatic carbocycles. The van der Waals surface area contributed by atoms with Crippen LogP contribution in [0.4, 0.5) is 4.39 Å². The molecule has 2 aromatic rings. The fraction of sp³-hybridized carbons (Fsp3) is 0.333. The number of hydrogen-bond acceptors (Lipinski definition) is 1. The largest absolute Gasteiger partial charge is 0.347 e. The molecule has 0 spiro atoms. The van der Waals surface area contributed by atoms with Crippen molar-refractivity contribution in [3.8, 4) is 0 Å².